The van der Waals surface area contributed by atoms with Crippen LogP contribution >= 0.6 is 0 Å². The summed E-state index contributed by atoms with van der Waals surface area (Å²) in [4.78, 5) is 6.86. The van der Waals surface area contributed by atoms with E-state index in [0.29, 0.717) is 18.4 Å². The Morgan fingerprint density at radius 2 is 1.95 bits per heavy atom. The highest BCUT2D eigenvalue weighted by molar-refractivity contribution is 5.89. The molecule has 0 bridgehead atoms. The third-order valence-corrected chi connectivity index (χ3v) is 2.77. The van der Waals surface area contributed by atoms with Crippen LogP contribution in [0.3, 0.4) is 0 Å². The second-order valence-corrected chi connectivity index (χ2v) is 4.41. The van der Waals surface area contributed by atoms with Gasteiger partial charge in [0, 0.05) is 18.0 Å². The number of benzene rings is 1. The van der Waals surface area contributed by atoms with E-state index < -0.39 is 24.0 Å². The summed E-state index contributed by atoms with van der Waals surface area (Å²) in [5.41, 5.74) is -0.154. The lowest BCUT2D eigenvalue weighted by Crippen LogP contribution is -2.27. The van der Waals surface area contributed by atoms with Crippen molar-refractivity contribution in [2.45, 2.75) is 25.7 Å². The number of fused-ring (bicyclic) bond motifs is 1. The minimum absolute atomic E-state index is 0.0165. The Bertz CT molecular complexity index is 645. The smallest absolute Gasteiger partial charge is 0.365 e. The number of hydrogen-bond acceptors (Lipinski definition) is 3. The first-order valence-corrected chi connectivity index (χ1v) is 6.24. The number of anilines is 1. The molecule has 2 aromatic rings. The van der Waals surface area contributed by atoms with Crippen molar-refractivity contribution in [3.05, 3.63) is 29.8 Å². The van der Waals surface area contributed by atoms with Gasteiger partial charge in [-0.25, -0.2) is 23.1 Å². The van der Waals surface area contributed by atoms with Crippen LogP contribution < -0.4 is 5.32 Å². The van der Waals surface area contributed by atoms with E-state index in [1.807, 2.05) is 6.92 Å². The van der Waals surface area contributed by atoms with Crippen LogP contribution in [0.15, 0.2) is 18.2 Å². The van der Waals surface area contributed by atoms with Crippen molar-refractivity contribution >= 4 is 16.7 Å². The van der Waals surface area contributed by atoms with Crippen molar-refractivity contribution in [1.29, 1.82) is 0 Å². The quantitative estimate of drug-likeness (QED) is 0.850. The van der Waals surface area contributed by atoms with Crippen LogP contribution in [-0.4, -0.2) is 22.9 Å². The molecular formula is C13H12F5N3. The Morgan fingerprint density at radius 1 is 1.24 bits per heavy atom. The lowest BCUT2D eigenvalue weighted by atomic mass is 10.2. The van der Waals surface area contributed by atoms with Crippen LogP contribution in [0.2, 0.25) is 0 Å². The van der Waals surface area contributed by atoms with Crippen molar-refractivity contribution < 1.29 is 22.0 Å². The predicted molar refractivity (Wildman–Crippen MR) is 68.2 cm³/mol. The molecule has 1 heterocycles. The van der Waals surface area contributed by atoms with Gasteiger partial charge in [0.2, 0.25) is 5.82 Å². The van der Waals surface area contributed by atoms with Crippen molar-refractivity contribution in [2.24, 2.45) is 0 Å². The lowest BCUT2D eigenvalue weighted by Gasteiger charge is -2.16. The van der Waals surface area contributed by atoms with E-state index in [2.05, 4.69) is 15.3 Å². The largest absolute Gasteiger partial charge is 0.369 e. The highest BCUT2D eigenvalue weighted by Gasteiger charge is 2.46. The number of nitrogens with one attached hydrogen (secondary N) is 1. The van der Waals surface area contributed by atoms with E-state index in [4.69, 9.17) is 0 Å². The molecule has 3 nitrogen and oxygen atoms in total. The number of aromatic nitrogens is 2. The summed E-state index contributed by atoms with van der Waals surface area (Å²) in [7, 11) is 0. The molecule has 114 valence electrons. The summed E-state index contributed by atoms with van der Waals surface area (Å²) in [6.07, 6.45) is -3.27. The first kappa shape index (κ1) is 15.4. The summed E-state index contributed by atoms with van der Waals surface area (Å²) in [6.45, 7) is 2.24. The van der Waals surface area contributed by atoms with Gasteiger partial charge in [0.25, 0.3) is 0 Å². The van der Waals surface area contributed by atoms with Crippen molar-refractivity contribution in [1.82, 2.24) is 9.97 Å². The van der Waals surface area contributed by atoms with E-state index in [9.17, 15) is 22.0 Å². The van der Waals surface area contributed by atoms with Crippen molar-refractivity contribution in [3.63, 3.8) is 0 Å². The summed E-state index contributed by atoms with van der Waals surface area (Å²) in [6, 6.07) is 3.33. The molecule has 1 N–H and O–H groups in total. The molecule has 0 aliphatic heterocycles. The van der Waals surface area contributed by atoms with Gasteiger partial charge in [-0.2, -0.15) is 8.78 Å². The molecule has 21 heavy (non-hydrogen) atoms. The Morgan fingerprint density at radius 3 is 2.57 bits per heavy atom. The zero-order valence-electron chi connectivity index (χ0n) is 11.0. The van der Waals surface area contributed by atoms with Gasteiger partial charge in [-0.3, -0.25) is 0 Å². The van der Waals surface area contributed by atoms with Crippen LogP contribution in [0.4, 0.5) is 27.8 Å². The topological polar surface area (TPSA) is 37.8 Å². The van der Waals surface area contributed by atoms with Gasteiger partial charge in [-0.1, -0.05) is 6.92 Å². The Hall–Kier alpha value is -1.99. The fourth-order valence-corrected chi connectivity index (χ4v) is 1.73. The van der Waals surface area contributed by atoms with Crippen LogP contribution in [0.1, 0.15) is 19.2 Å². The molecule has 2 rings (SSSR count). The molecular weight excluding hydrogens is 293 g/mol. The van der Waals surface area contributed by atoms with E-state index in [1.165, 1.54) is 6.07 Å². The molecule has 0 spiro atoms. The lowest BCUT2D eigenvalue weighted by molar-refractivity contribution is -0.140. The van der Waals surface area contributed by atoms with Crippen LogP contribution in [0.5, 0.6) is 0 Å². The van der Waals surface area contributed by atoms with Crippen LogP contribution in [0.25, 0.3) is 10.9 Å². The van der Waals surface area contributed by atoms with Gasteiger partial charge >= 0.3 is 12.3 Å². The second kappa shape index (κ2) is 5.79. The monoisotopic (exact) mass is 305 g/mol. The summed E-state index contributed by atoms with van der Waals surface area (Å²) >= 11 is 0. The molecule has 1 aromatic carbocycles. The van der Waals surface area contributed by atoms with E-state index in [-0.39, 0.29) is 11.3 Å². The third-order valence-electron chi connectivity index (χ3n) is 2.77. The maximum Gasteiger partial charge on any atom is 0.365 e. The fourth-order valence-electron chi connectivity index (χ4n) is 1.73. The maximum absolute atomic E-state index is 13.4. The van der Waals surface area contributed by atoms with E-state index in [0.717, 1.165) is 12.1 Å². The zero-order valence-corrected chi connectivity index (χ0v) is 11.0. The van der Waals surface area contributed by atoms with Crippen molar-refractivity contribution in [2.75, 3.05) is 11.9 Å². The van der Waals surface area contributed by atoms with Crippen molar-refractivity contribution in [3.8, 4) is 0 Å². The fraction of sp³-hybridized carbons (Fsp3) is 0.385. The number of rotatable bonds is 5. The van der Waals surface area contributed by atoms with Gasteiger partial charge in [0.1, 0.15) is 11.6 Å². The van der Waals surface area contributed by atoms with E-state index >= 15 is 0 Å². The molecule has 0 unspecified atom stereocenters. The summed E-state index contributed by atoms with van der Waals surface area (Å²) in [5, 5.41) is 3.05. The molecule has 0 radical (unpaired) electrons. The van der Waals surface area contributed by atoms with E-state index in [1.54, 1.807) is 0 Å². The number of hydrogen-bond donors (Lipinski definition) is 1. The molecule has 0 atom stereocenters. The molecule has 0 aliphatic rings. The first-order chi connectivity index (χ1) is 9.86. The highest BCUT2D eigenvalue weighted by Crippen LogP contribution is 2.34. The average Bonchev–Trinajstić information content (AvgIpc) is 2.43. The summed E-state index contributed by atoms with van der Waals surface area (Å²) in [5.74, 6) is -6.54. The number of nitrogens with zero attached hydrogens (tertiary/aromatic N) is 2. The highest BCUT2D eigenvalue weighted by atomic mass is 19.3. The normalized spacial score (nSPS) is 12.1. The molecule has 0 saturated heterocycles. The zero-order chi connectivity index (χ0) is 15.6. The molecule has 0 saturated carbocycles. The Balaban J connectivity index is 2.62. The first-order valence-electron chi connectivity index (χ1n) is 6.24. The third kappa shape index (κ3) is 3.03. The average molecular weight is 305 g/mol. The second-order valence-electron chi connectivity index (χ2n) is 4.41. The Labute approximate surface area is 117 Å². The number of halogens is 5. The number of alkyl halides is 4. The van der Waals surface area contributed by atoms with Gasteiger partial charge in [-0.15, -0.1) is 0 Å². The standard InChI is InChI=1S/C13H12F5N3/c1-2-5-19-10-8-4-3-7(14)6-9(8)20-12(21-10)13(17,18)11(15)16/h3-4,6,11H,2,5H2,1H3,(H,19,20,21). The van der Waals surface area contributed by atoms with Crippen LogP contribution in [-0.2, 0) is 5.92 Å². The maximum atomic E-state index is 13.4. The molecule has 0 aliphatic carbocycles. The predicted octanol–water partition coefficient (Wildman–Crippen LogP) is 3.95. The molecule has 0 amide bonds. The van der Waals surface area contributed by atoms with Gasteiger partial charge in [0.05, 0.1) is 5.52 Å². The minimum Gasteiger partial charge on any atom is -0.369 e. The summed E-state index contributed by atoms with van der Waals surface area (Å²) < 4.78 is 64.9. The Kier molecular flexibility index (Phi) is 4.24. The molecule has 8 heteroatoms. The molecule has 1 aromatic heterocycles. The SMILES string of the molecule is CCCNc1nc(C(F)(F)C(F)F)nc2cc(F)ccc12. The van der Waals surface area contributed by atoms with Crippen LogP contribution in [0, 0.1) is 5.82 Å². The molecule has 0 fully saturated rings. The minimum atomic E-state index is -4.50. The van der Waals surface area contributed by atoms with Gasteiger partial charge < -0.3 is 5.32 Å². The van der Waals surface area contributed by atoms with Gasteiger partial charge in [0.15, 0.2) is 0 Å². The van der Waals surface area contributed by atoms with Gasteiger partial charge in [-0.05, 0) is 18.6 Å².